The maximum Gasteiger partial charge on any atom is 0.324 e. The highest BCUT2D eigenvalue weighted by Crippen LogP contribution is 2.41. The summed E-state index contributed by atoms with van der Waals surface area (Å²) in [5.74, 6) is -0.452. The molecule has 4 nitrogen and oxygen atoms in total. The van der Waals surface area contributed by atoms with Crippen LogP contribution in [0.15, 0.2) is 94.7 Å². The van der Waals surface area contributed by atoms with Crippen molar-refractivity contribution in [2.45, 2.75) is 48.9 Å². The number of rotatable bonds is 6. The first-order chi connectivity index (χ1) is 16.2. The van der Waals surface area contributed by atoms with Crippen LogP contribution >= 0.6 is 23.4 Å². The highest BCUT2D eigenvalue weighted by atomic mass is 35.5. The van der Waals surface area contributed by atoms with E-state index in [1.807, 2.05) is 113 Å². The number of halogens is 1. The number of esters is 1. The van der Waals surface area contributed by atoms with E-state index in [-0.39, 0.29) is 11.5 Å². The Morgan fingerprint density at radius 3 is 1.94 bits per heavy atom. The van der Waals surface area contributed by atoms with Gasteiger partial charge in [-0.05, 0) is 63.1 Å². The lowest BCUT2D eigenvalue weighted by atomic mass is 9.91. The van der Waals surface area contributed by atoms with Gasteiger partial charge >= 0.3 is 5.97 Å². The Hall–Kier alpha value is -3.02. The zero-order valence-corrected chi connectivity index (χ0v) is 21.2. The van der Waals surface area contributed by atoms with E-state index in [0.29, 0.717) is 10.9 Å². The van der Waals surface area contributed by atoms with E-state index in [0.717, 1.165) is 26.6 Å². The minimum Gasteiger partial charge on any atom is -0.406 e. The van der Waals surface area contributed by atoms with Gasteiger partial charge in [-0.3, -0.25) is 4.79 Å². The molecule has 0 aliphatic rings. The average Bonchev–Trinajstić information content (AvgIpc) is 3.12. The van der Waals surface area contributed by atoms with Gasteiger partial charge in [-0.15, -0.1) is 0 Å². The van der Waals surface area contributed by atoms with Gasteiger partial charge in [-0.2, -0.15) is 5.10 Å². The van der Waals surface area contributed by atoms with E-state index in [1.54, 1.807) is 4.68 Å². The lowest BCUT2D eigenvalue weighted by Gasteiger charge is -2.23. The quantitative estimate of drug-likeness (QED) is 0.262. The molecule has 0 aliphatic heterocycles. The molecule has 0 saturated heterocycles. The van der Waals surface area contributed by atoms with Gasteiger partial charge in [0.1, 0.15) is 5.92 Å². The number of carbonyl (C=O) groups excluding carboxylic acids is 1. The highest BCUT2D eigenvalue weighted by Gasteiger charge is 2.31. The van der Waals surface area contributed by atoms with E-state index in [9.17, 15) is 4.79 Å². The Kier molecular flexibility index (Phi) is 7.15. The van der Waals surface area contributed by atoms with Crippen LogP contribution in [0.1, 0.15) is 43.5 Å². The summed E-state index contributed by atoms with van der Waals surface area (Å²) in [4.78, 5) is 15.6. The Morgan fingerprint density at radius 2 is 1.44 bits per heavy atom. The smallest absolute Gasteiger partial charge is 0.324 e. The van der Waals surface area contributed by atoms with Gasteiger partial charge in [0.05, 0.1) is 16.1 Å². The summed E-state index contributed by atoms with van der Waals surface area (Å²) >= 11 is 7.58. The van der Waals surface area contributed by atoms with Crippen molar-refractivity contribution in [1.29, 1.82) is 0 Å². The third kappa shape index (κ3) is 5.37. The molecule has 0 spiro atoms. The summed E-state index contributed by atoms with van der Waals surface area (Å²) in [7, 11) is 0. The Morgan fingerprint density at radius 1 is 0.912 bits per heavy atom. The lowest BCUT2D eigenvalue weighted by molar-refractivity contribution is -0.135. The first kappa shape index (κ1) is 24.1. The van der Waals surface area contributed by atoms with Crippen LogP contribution in [0, 0.1) is 6.92 Å². The van der Waals surface area contributed by atoms with Gasteiger partial charge in [0, 0.05) is 9.92 Å². The zero-order valence-electron chi connectivity index (χ0n) is 19.7. The molecule has 0 amide bonds. The largest absolute Gasteiger partial charge is 0.406 e. The van der Waals surface area contributed by atoms with Crippen molar-refractivity contribution < 1.29 is 9.53 Å². The summed E-state index contributed by atoms with van der Waals surface area (Å²) < 4.78 is 8.00. The molecule has 1 aromatic heterocycles. The van der Waals surface area contributed by atoms with Crippen molar-refractivity contribution in [3.8, 4) is 5.88 Å². The molecule has 4 aromatic rings. The lowest BCUT2D eigenvalue weighted by Crippen LogP contribution is -2.27. The van der Waals surface area contributed by atoms with Crippen molar-refractivity contribution in [2.75, 3.05) is 0 Å². The summed E-state index contributed by atoms with van der Waals surface area (Å²) in [6, 6.07) is 27.0. The van der Waals surface area contributed by atoms with E-state index in [1.165, 1.54) is 11.8 Å². The topological polar surface area (TPSA) is 44.1 Å². The van der Waals surface area contributed by atoms with Gasteiger partial charge in [0.15, 0.2) is 0 Å². The average molecular weight is 491 g/mol. The molecule has 0 N–H and O–H groups in total. The first-order valence-corrected chi connectivity index (χ1v) is 12.3. The fourth-order valence-corrected chi connectivity index (χ4v) is 4.72. The SMILES string of the molecule is Cc1nn(C(C)(C)C)c(OC(=O)C(c2ccccc2)c2ccccc2)c1Sc1ccc(Cl)cc1. The minimum atomic E-state index is -0.556. The van der Waals surface area contributed by atoms with Crippen LogP contribution in [-0.2, 0) is 10.3 Å². The van der Waals surface area contributed by atoms with E-state index >= 15 is 0 Å². The van der Waals surface area contributed by atoms with Crippen LogP contribution in [0.2, 0.25) is 5.02 Å². The molecule has 174 valence electrons. The maximum atomic E-state index is 13.8. The van der Waals surface area contributed by atoms with E-state index in [4.69, 9.17) is 21.4 Å². The first-order valence-electron chi connectivity index (χ1n) is 11.1. The van der Waals surface area contributed by atoms with Crippen LogP contribution in [0.25, 0.3) is 0 Å². The number of benzene rings is 3. The van der Waals surface area contributed by atoms with Gasteiger partial charge < -0.3 is 4.74 Å². The predicted octanol–water partition coefficient (Wildman–Crippen LogP) is 7.49. The van der Waals surface area contributed by atoms with Crippen LogP contribution in [0.3, 0.4) is 0 Å². The molecule has 0 saturated carbocycles. The van der Waals surface area contributed by atoms with Crippen LogP contribution in [0.5, 0.6) is 5.88 Å². The Bertz CT molecular complexity index is 1220. The van der Waals surface area contributed by atoms with E-state index < -0.39 is 5.92 Å². The number of ether oxygens (including phenoxy) is 1. The molecule has 0 unspecified atom stereocenters. The molecule has 0 fully saturated rings. The molecule has 3 aromatic carbocycles. The number of nitrogens with zero attached hydrogens (tertiary/aromatic N) is 2. The number of aromatic nitrogens is 2. The van der Waals surface area contributed by atoms with E-state index in [2.05, 4.69) is 0 Å². The number of hydrogen-bond acceptors (Lipinski definition) is 4. The fourth-order valence-electron chi connectivity index (χ4n) is 3.68. The Labute approximate surface area is 209 Å². The third-order valence-corrected chi connectivity index (χ3v) is 6.77. The molecule has 0 atom stereocenters. The van der Waals surface area contributed by atoms with Crippen LogP contribution < -0.4 is 4.74 Å². The number of carbonyl (C=O) groups is 1. The Balaban J connectivity index is 1.76. The van der Waals surface area contributed by atoms with Crippen LogP contribution in [0.4, 0.5) is 0 Å². The van der Waals surface area contributed by atoms with Crippen molar-refractivity contribution in [3.05, 3.63) is 107 Å². The summed E-state index contributed by atoms with van der Waals surface area (Å²) in [5, 5.41) is 5.42. The minimum absolute atomic E-state index is 0.347. The molecule has 0 aliphatic carbocycles. The zero-order chi connectivity index (χ0) is 24.3. The molecule has 1 heterocycles. The van der Waals surface area contributed by atoms with Crippen molar-refractivity contribution in [2.24, 2.45) is 0 Å². The monoisotopic (exact) mass is 490 g/mol. The molecule has 0 bridgehead atoms. The van der Waals surface area contributed by atoms with Gasteiger partial charge in [0.25, 0.3) is 0 Å². The molecule has 34 heavy (non-hydrogen) atoms. The third-order valence-electron chi connectivity index (χ3n) is 5.33. The normalized spacial score (nSPS) is 11.6. The van der Waals surface area contributed by atoms with Crippen molar-refractivity contribution in [1.82, 2.24) is 9.78 Å². The predicted molar refractivity (Wildman–Crippen MR) is 138 cm³/mol. The maximum absolute atomic E-state index is 13.8. The van der Waals surface area contributed by atoms with Gasteiger partial charge in [-0.1, -0.05) is 84.0 Å². The number of hydrogen-bond donors (Lipinski definition) is 0. The summed E-state index contributed by atoms with van der Waals surface area (Å²) in [6.45, 7) is 8.06. The highest BCUT2D eigenvalue weighted by molar-refractivity contribution is 7.99. The summed E-state index contributed by atoms with van der Waals surface area (Å²) in [5.41, 5.74) is 2.18. The second-order valence-electron chi connectivity index (χ2n) is 9.03. The van der Waals surface area contributed by atoms with Gasteiger partial charge in [0.2, 0.25) is 5.88 Å². The molecule has 0 radical (unpaired) electrons. The second kappa shape index (κ2) is 10.1. The van der Waals surface area contributed by atoms with Gasteiger partial charge in [-0.25, -0.2) is 4.68 Å². The second-order valence-corrected chi connectivity index (χ2v) is 10.6. The molecular formula is C28H27ClN2O2S. The van der Waals surface area contributed by atoms with Crippen LogP contribution in [-0.4, -0.2) is 15.7 Å². The van der Waals surface area contributed by atoms with Crippen molar-refractivity contribution >= 4 is 29.3 Å². The standard InChI is InChI=1S/C28H27ClN2O2S/c1-19-25(34-23-17-15-22(29)16-18-23)26(31(30-19)28(2,3)4)33-27(32)24(20-11-7-5-8-12-20)21-13-9-6-10-14-21/h5-18,24H,1-4H3. The molecular weight excluding hydrogens is 464 g/mol. The molecule has 4 rings (SSSR count). The summed E-state index contributed by atoms with van der Waals surface area (Å²) in [6.07, 6.45) is 0. The fraction of sp³-hybridized carbons (Fsp3) is 0.214. The molecule has 6 heteroatoms. The van der Waals surface area contributed by atoms with Crippen molar-refractivity contribution in [3.63, 3.8) is 0 Å². The number of aryl methyl sites for hydroxylation is 1.